The molecule has 0 amide bonds. The molecule has 0 aliphatic rings. The molecule has 158 valence electrons. The van der Waals surface area contributed by atoms with Crippen molar-refractivity contribution in [3.05, 3.63) is 82.4 Å². The summed E-state index contributed by atoms with van der Waals surface area (Å²) in [7, 11) is 1.53. The molecule has 0 bridgehead atoms. The van der Waals surface area contributed by atoms with Crippen LogP contribution in [0.2, 0.25) is 0 Å². The standard InChI is InChI=1S/C26H30O4/c1-15(2)20-13-17(9-11-22(20)27)25(19-7-6-8-24(30-5)26(19)29)18-10-12-23(28)21(14-18)16(3)4/h6-16,25,27-29H,1-5H3. The van der Waals surface area contributed by atoms with Crippen molar-refractivity contribution in [2.75, 3.05) is 7.11 Å². The van der Waals surface area contributed by atoms with Crippen molar-refractivity contribution in [3.63, 3.8) is 0 Å². The smallest absolute Gasteiger partial charge is 0.161 e. The van der Waals surface area contributed by atoms with E-state index >= 15 is 0 Å². The summed E-state index contributed by atoms with van der Waals surface area (Å²) >= 11 is 0. The van der Waals surface area contributed by atoms with E-state index in [1.54, 1.807) is 18.2 Å². The number of benzene rings is 3. The SMILES string of the molecule is COc1cccc(C(c2ccc(O)c(C(C)C)c2)c2ccc(O)c(C(C)C)c2)c1O. The first-order chi connectivity index (χ1) is 14.2. The minimum atomic E-state index is -0.295. The Morgan fingerprint density at radius 2 is 1.17 bits per heavy atom. The number of para-hydroxylation sites is 1. The largest absolute Gasteiger partial charge is 0.508 e. The van der Waals surface area contributed by atoms with Gasteiger partial charge in [-0.1, -0.05) is 64.1 Å². The van der Waals surface area contributed by atoms with Crippen molar-refractivity contribution in [1.29, 1.82) is 0 Å². The lowest BCUT2D eigenvalue weighted by Crippen LogP contribution is -2.06. The molecule has 0 radical (unpaired) electrons. The van der Waals surface area contributed by atoms with Crippen LogP contribution in [0.4, 0.5) is 0 Å². The predicted octanol–water partition coefficient (Wildman–Crippen LogP) is 6.24. The van der Waals surface area contributed by atoms with Gasteiger partial charge in [0.15, 0.2) is 11.5 Å². The molecule has 0 spiro atoms. The van der Waals surface area contributed by atoms with E-state index in [1.165, 1.54) is 7.11 Å². The Hall–Kier alpha value is -3.14. The fourth-order valence-corrected chi connectivity index (χ4v) is 3.92. The molecule has 3 rings (SSSR count). The van der Waals surface area contributed by atoms with Gasteiger partial charge in [0.1, 0.15) is 11.5 Å². The van der Waals surface area contributed by atoms with Gasteiger partial charge in [0.25, 0.3) is 0 Å². The number of ether oxygens (including phenoxy) is 1. The maximum absolute atomic E-state index is 10.9. The van der Waals surface area contributed by atoms with E-state index < -0.39 is 0 Å². The number of methoxy groups -OCH3 is 1. The van der Waals surface area contributed by atoms with Crippen LogP contribution in [0, 0.1) is 0 Å². The third-order valence-corrected chi connectivity index (χ3v) is 5.57. The first kappa shape index (κ1) is 21.6. The molecular formula is C26H30O4. The van der Waals surface area contributed by atoms with Gasteiger partial charge < -0.3 is 20.1 Å². The van der Waals surface area contributed by atoms with Crippen molar-refractivity contribution < 1.29 is 20.1 Å². The van der Waals surface area contributed by atoms with Crippen LogP contribution in [0.15, 0.2) is 54.6 Å². The van der Waals surface area contributed by atoms with Crippen molar-refractivity contribution in [1.82, 2.24) is 0 Å². The topological polar surface area (TPSA) is 69.9 Å². The van der Waals surface area contributed by atoms with Gasteiger partial charge in [-0.25, -0.2) is 0 Å². The van der Waals surface area contributed by atoms with Gasteiger partial charge in [-0.05, 0) is 52.3 Å². The summed E-state index contributed by atoms with van der Waals surface area (Å²) in [6.07, 6.45) is 0. The highest BCUT2D eigenvalue weighted by Gasteiger charge is 2.24. The van der Waals surface area contributed by atoms with Gasteiger partial charge in [0.2, 0.25) is 0 Å². The summed E-state index contributed by atoms with van der Waals surface area (Å²) in [5.74, 6) is 1.01. The summed E-state index contributed by atoms with van der Waals surface area (Å²) in [6, 6.07) is 16.6. The molecule has 0 saturated carbocycles. The van der Waals surface area contributed by atoms with Crippen LogP contribution in [0.3, 0.4) is 0 Å². The molecule has 0 unspecified atom stereocenters. The van der Waals surface area contributed by atoms with Crippen LogP contribution < -0.4 is 4.74 Å². The Morgan fingerprint density at radius 1 is 0.667 bits per heavy atom. The lowest BCUT2D eigenvalue weighted by atomic mass is 9.81. The van der Waals surface area contributed by atoms with Gasteiger partial charge >= 0.3 is 0 Å². The quantitative estimate of drug-likeness (QED) is 0.424. The van der Waals surface area contributed by atoms with Crippen LogP contribution >= 0.6 is 0 Å². The van der Waals surface area contributed by atoms with Crippen molar-refractivity contribution in [2.24, 2.45) is 0 Å². The number of aromatic hydroxyl groups is 3. The lowest BCUT2D eigenvalue weighted by Gasteiger charge is -2.23. The molecule has 3 N–H and O–H groups in total. The number of phenols is 3. The number of rotatable bonds is 6. The zero-order chi connectivity index (χ0) is 22.0. The molecular weight excluding hydrogens is 376 g/mol. The number of hydrogen-bond donors (Lipinski definition) is 3. The second-order valence-electron chi connectivity index (χ2n) is 8.28. The Balaban J connectivity index is 2.29. The van der Waals surface area contributed by atoms with Gasteiger partial charge in [-0.3, -0.25) is 0 Å². The van der Waals surface area contributed by atoms with E-state index in [0.29, 0.717) is 11.3 Å². The summed E-state index contributed by atoms with van der Waals surface area (Å²) in [5.41, 5.74) is 4.29. The van der Waals surface area contributed by atoms with Crippen LogP contribution in [-0.2, 0) is 0 Å². The van der Waals surface area contributed by atoms with E-state index in [4.69, 9.17) is 4.74 Å². The first-order valence-corrected chi connectivity index (χ1v) is 10.3. The average Bonchev–Trinajstić information content (AvgIpc) is 2.71. The van der Waals surface area contributed by atoms with E-state index in [-0.39, 0.29) is 35.0 Å². The first-order valence-electron chi connectivity index (χ1n) is 10.3. The highest BCUT2D eigenvalue weighted by molar-refractivity contribution is 5.56. The minimum absolute atomic E-state index is 0.0864. The lowest BCUT2D eigenvalue weighted by molar-refractivity contribution is 0.370. The minimum Gasteiger partial charge on any atom is -0.508 e. The second-order valence-corrected chi connectivity index (χ2v) is 8.28. The summed E-state index contributed by atoms with van der Waals surface area (Å²) in [5, 5.41) is 31.6. The van der Waals surface area contributed by atoms with Crippen LogP contribution in [0.25, 0.3) is 0 Å². The Labute approximate surface area is 178 Å². The van der Waals surface area contributed by atoms with Crippen molar-refractivity contribution in [3.8, 4) is 23.0 Å². The van der Waals surface area contributed by atoms with Gasteiger partial charge in [-0.2, -0.15) is 0 Å². The van der Waals surface area contributed by atoms with Crippen LogP contribution in [-0.4, -0.2) is 22.4 Å². The molecule has 0 fully saturated rings. The molecule has 0 aromatic heterocycles. The fourth-order valence-electron chi connectivity index (χ4n) is 3.92. The molecule has 0 aliphatic carbocycles. The molecule has 0 aliphatic heterocycles. The Bertz CT molecular complexity index is 980. The monoisotopic (exact) mass is 406 g/mol. The zero-order valence-electron chi connectivity index (χ0n) is 18.2. The molecule has 0 atom stereocenters. The molecule has 4 heteroatoms. The second kappa shape index (κ2) is 8.70. The molecule has 3 aromatic rings. The normalized spacial score (nSPS) is 11.5. The van der Waals surface area contributed by atoms with Crippen molar-refractivity contribution in [2.45, 2.75) is 45.4 Å². The van der Waals surface area contributed by atoms with E-state index in [1.807, 2.05) is 64.1 Å². The van der Waals surface area contributed by atoms with Crippen LogP contribution in [0.1, 0.15) is 73.3 Å². The summed E-state index contributed by atoms with van der Waals surface area (Å²) in [4.78, 5) is 0. The van der Waals surface area contributed by atoms with Crippen molar-refractivity contribution >= 4 is 0 Å². The van der Waals surface area contributed by atoms with E-state index in [9.17, 15) is 15.3 Å². The zero-order valence-corrected chi connectivity index (χ0v) is 18.2. The Morgan fingerprint density at radius 3 is 1.60 bits per heavy atom. The number of phenolic OH excluding ortho intramolecular Hbond substituents is 3. The maximum atomic E-state index is 10.9. The number of hydrogen-bond acceptors (Lipinski definition) is 4. The summed E-state index contributed by atoms with van der Waals surface area (Å²) in [6.45, 7) is 8.14. The van der Waals surface area contributed by atoms with Gasteiger partial charge in [0, 0.05) is 11.5 Å². The van der Waals surface area contributed by atoms with E-state index in [0.717, 1.165) is 22.3 Å². The van der Waals surface area contributed by atoms with Gasteiger partial charge in [0.05, 0.1) is 7.11 Å². The fraction of sp³-hybridized carbons (Fsp3) is 0.308. The third-order valence-electron chi connectivity index (χ3n) is 5.57. The summed E-state index contributed by atoms with van der Waals surface area (Å²) < 4.78 is 5.34. The highest BCUT2D eigenvalue weighted by atomic mass is 16.5. The molecule has 0 saturated heterocycles. The Kier molecular flexibility index (Phi) is 6.25. The molecule has 30 heavy (non-hydrogen) atoms. The molecule has 4 nitrogen and oxygen atoms in total. The van der Waals surface area contributed by atoms with E-state index in [2.05, 4.69) is 0 Å². The third kappa shape index (κ3) is 4.09. The predicted molar refractivity (Wildman–Crippen MR) is 120 cm³/mol. The van der Waals surface area contributed by atoms with Gasteiger partial charge in [-0.15, -0.1) is 0 Å². The molecule has 3 aromatic carbocycles. The average molecular weight is 407 g/mol. The molecule has 0 heterocycles. The maximum Gasteiger partial charge on any atom is 0.161 e. The highest BCUT2D eigenvalue weighted by Crippen LogP contribution is 2.43. The van der Waals surface area contributed by atoms with Crippen LogP contribution in [0.5, 0.6) is 23.0 Å².